The van der Waals surface area contributed by atoms with Gasteiger partial charge in [0.05, 0.1) is 5.75 Å². The third-order valence-electron chi connectivity index (χ3n) is 5.86. The lowest BCUT2D eigenvalue weighted by atomic mass is 10.0. The molecule has 170 valence electrons. The number of ether oxygens (including phenoxy) is 1. The van der Waals surface area contributed by atoms with E-state index in [2.05, 4.69) is 33.4 Å². The Morgan fingerprint density at radius 2 is 1.97 bits per heavy atom. The van der Waals surface area contributed by atoms with Crippen LogP contribution in [0.15, 0.2) is 47.6 Å². The number of carbonyl (C=O) groups excluding carboxylic acids is 1. The number of para-hydroxylation sites is 1. The van der Waals surface area contributed by atoms with Crippen molar-refractivity contribution in [2.75, 3.05) is 18.1 Å². The molecule has 0 atom stereocenters. The molecule has 0 aliphatic carbocycles. The van der Waals surface area contributed by atoms with Gasteiger partial charge in [-0.05, 0) is 43.2 Å². The molecule has 5 rings (SSSR count). The Bertz CT molecular complexity index is 1310. The van der Waals surface area contributed by atoms with Crippen LogP contribution in [-0.2, 0) is 24.4 Å². The average molecular weight is 463 g/mol. The lowest BCUT2D eigenvalue weighted by Gasteiger charge is -2.27. The molecule has 2 aromatic carbocycles. The van der Waals surface area contributed by atoms with Crippen LogP contribution in [0.1, 0.15) is 28.2 Å². The summed E-state index contributed by atoms with van der Waals surface area (Å²) in [6.07, 6.45) is 0.827. The van der Waals surface area contributed by atoms with Gasteiger partial charge < -0.3 is 20.5 Å². The number of rotatable bonds is 6. The number of benzene rings is 2. The fraction of sp³-hybridized carbons (Fsp3) is 0.292. The lowest BCUT2D eigenvalue weighted by Crippen LogP contribution is -2.37. The number of hydrogen-bond acceptors (Lipinski definition) is 6. The maximum absolute atomic E-state index is 12.9. The van der Waals surface area contributed by atoms with Gasteiger partial charge in [-0.25, -0.2) is 4.68 Å². The molecule has 1 aliphatic rings. The average Bonchev–Trinajstić information content (AvgIpc) is 3.35. The second kappa shape index (κ2) is 8.82. The van der Waals surface area contributed by atoms with E-state index in [-0.39, 0.29) is 18.3 Å². The first-order chi connectivity index (χ1) is 16.0. The highest BCUT2D eigenvalue weighted by Crippen LogP contribution is 2.28. The first-order valence-corrected chi connectivity index (χ1v) is 11.9. The van der Waals surface area contributed by atoms with Crippen molar-refractivity contribution in [3.8, 4) is 5.75 Å². The molecule has 1 amide bonds. The Balaban J connectivity index is 1.19. The highest BCUT2D eigenvalue weighted by molar-refractivity contribution is 7.99. The SMILES string of the molecule is Cc1cc(C)cc(OCc2nnc(SCC(=O)N3CCc4[nH]c5ccccc5c4C3)n2N)c1. The second-order valence-corrected chi connectivity index (χ2v) is 9.31. The smallest absolute Gasteiger partial charge is 0.233 e. The molecule has 8 nitrogen and oxygen atoms in total. The van der Waals surface area contributed by atoms with E-state index in [1.807, 2.05) is 43.0 Å². The van der Waals surface area contributed by atoms with Crippen LogP contribution >= 0.6 is 11.8 Å². The Kier molecular flexibility index (Phi) is 5.72. The number of nitrogen functional groups attached to an aromatic ring is 1. The number of thioether (sulfide) groups is 1. The van der Waals surface area contributed by atoms with Crippen LogP contribution in [0.5, 0.6) is 5.75 Å². The third kappa shape index (κ3) is 4.41. The van der Waals surface area contributed by atoms with E-state index in [4.69, 9.17) is 10.6 Å². The molecule has 2 aromatic heterocycles. The minimum absolute atomic E-state index is 0.0620. The predicted molar refractivity (Wildman–Crippen MR) is 129 cm³/mol. The number of hydrogen-bond donors (Lipinski definition) is 2. The van der Waals surface area contributed by atoms with Crippen molar-refractivity contribution < 1.29 is 9.53 Å². The van der Waals surface area contributed by atoms with Gasteiger partial charge >= 0.3 is 0 Å². The number of aromatic amines is 1. The van der Waals surface area contributed by atoms with Crippen molar-refractivity contribution in [1.29, 1.82) is 0 Å². The van der Waals surface area contributed by atoms with Gasteiger partial charge in [-0.1, -0.05) is 36.0 Å². The van der Waals surface area contributed by atoms with Gasteiger partial charge in [-0.3, -0.25) is 4.79 Å². The van der Waals surface area contributed by atoms with E-state index in [1.165, 1.54) is 33.1 Å². The van der Waals surface area contributed by atoms with E-state index in [1.54, 1.807) is 0 Å². The summed E-state index contributed by atoms with van der Waals surface area (Å²) < 4.78 is 7.24. The van der Waals surface area contributed by atoms with Gasteiger partial charge in [0.15, 0.2) is 5.82 Å². The summed E-state index contributed by atoms with van der Waals surface area (Å²) in [6.45, 7) is 5.57. The highest BCUT2D eigenvalue weighted by atomic mass is 32.2. The molecule has 1 aliphatic heterocycles. The Morgan fingerprint density at radius 1 is 1.18 bits per heavy atom. The number of nitrogens with one attached hydrogen (secondary N) is 1. The summed E-state index contributed by atoms with van der Waals surface area (Å²) in [7, 11) is 0. The van der Waals surface area contributed by atoms with Crippen LogP contribution in [0.3, 0.4) is 0 Å². The summed E-state index contributed by atoms with van der Waals surface area (Å²) in [4.78, 5) is 18.3. The number of nitrogens with two attached hydrogens (primary N) is 1. The van der Waals surface area contributed by atoms with Gasteiger partial charge in [0.2, 0.25) is 11.1 Å². The molecule has 9 heteroatoms. The molecular formula is C24H26N6O2S. The first-order valence-electron chi connectivity index (χ1n) is 10.9. The van der Waals surface area contributed by atoms with Crippen LogP contribution in [0, 0.1) is 13.8 Å². The predicted octanol–water partition coefficient (Wildman–Crippen LogP) is 3.35. The van der Waals surface area contributed by atoms with Gasteiger partial charge in [-0.2, -0.15) is 0 Å². The van der Waals surface area contributed by atoms with Crippen molar-refractivity contribution >= 4 is 28.6 Å². The molecule has 0 fully saturated rings. The molecule has 3 heterocycles. The molecule has 0 bridgehead atoms. The minimum atomic E-state index is 0.0620. The van der Waals surface area contributed by atoms with Crippen molar-refractivity contribution in [3.63, 3.8) is 0 Å². The van der Waals surface area contributed by atoms with E-state index < -0.39 is 0 Å². The Labute approximate surface area is 196 Å². The number of carbonyl (C=O) groups is 1. The van der Waals surface area contributed by atoms with Gasteiger partial charge in [0, 0.05) is 41.7 Å². The minimum Gasteiger partial charge on any atom is -0.486 e. The fourth-order valence-corrected chi connectivity index (χ4v) is 5.04. The van der Waals surface area contributed by atoms with Gasteiger partial charge in [-0.15, -0.1) is 10.2 Å². The summed E-state index contributed by atoms with van der Waals surface area (Å²) in [6, 6.07) is 14.3. The van der Waals surface area contributed by atoms with Crippen LogP contribution in [0.4, 0.5) is 0 Å². The second-order valence-electron chi connectivity index (χ2n) is 8.36. The molecule has 0 radical (unpaired) electrons. The molecule has 4 aromatic rings. The summed E-state index contributed by atoms with van der Waals surface area (Å²) in [5.41, 5.74) is 5.82. The largest absolute Gasteiger partial charge is 0.486 e. The van der Waals surface area contributed by atoms with Crippen LogP contribution in [-0.4, -0.2) is 43.0 Å². The van der Waals surface area contributed by atoms with E-state index in [0.29, 0.717) is 24.1 Å². The molecular weight excluding hydrogens is 436 g/mol. The topological polar surface area (TPSA) is 102 Å². The maximum Gasteiger partial charge on any atom is 0.233 e. The molecule has 33 heavy (non-hydrogen) atoms. The maximum atomic E-state index is 12.9. The monoisotopic (exact) mass is 462 g/mol. The number of amides is 1. The van der Waals surface area contributed by atoms with Crippen molar-refractivity contribution in [1.82, 2.24) is 24.8 Å². The van der Waals surface area contributed by atoms with E-state index >= 15 is 0 Å². The van der Waals surface area contributed by atoms with Crippen LogP contribution in [0.25, 0.3) is 10.9 Å². The zero-order chi connectivity index (χ0) is 22.9. The van der Waals surface area contributed by atoms with Crippen LogP contribution in [0.2, 0.25) is 0 Å². The molecule has 0 unspecified atom stereocenters. The highest BCUT2D eigenvalue weighted by Gasteiger charge is 2.24. The van der Waals surface area contributed by atoms with Gasteiger partial charge in [0.25, 0.3) is 0 Å². The molecule has 0 saturated heterocycles. The number of nitrogens with zero attached hydrogens (tertiary/aromatic N) is 4. The normalized spacial score (nSPS) is 13.3. The Morgan fingerprint density at radius 3 is 2.79 bits per heavy atom. The standard InChI is InChI=1S/C24H26N6O2S/c1-15-9-16(2)11-17(10-15)32-13-22-27-28-24(30(22)25)33-14-23(31)29-8-7-21-19(12-29)18-5-3-4-6-20(18)26-21/h3-6,9-11,26H,7-8,12-14,25H2,1-2H3. The number of aryl methyl sites for hydroxylation is 2. The van der Waals surface area contributed by atoms with Crippen molar-refractivity contribution in [2.24, 2.45) is 0 Å². The molecule has 0 saturated carbocycles. The zero-order valence-electron chi connectivity index (χ0n) is 18.7. The van der Waals surface area contributed by atoms with Crippen molar-refractivity contribution in [2.45, 2.75) is 38.6 Å². The summed E-state index contributed by atoms with van der Waals surface area (Å²) >= 11 is 1.29. The number of H-pyrrole nitrogens is 1. The quantitative estimate of drug-likeness (QED) is 0.337. The first kappa shape index (κ1) is 21.4. The Hall–Kier alpha value is -3.46. The fourth-order valence-electron chi connectivity index (χ4n) is 4.27. The van der Waals surface area contributed by atoms with E-state index in [9.17, 15) is 4.79 Å². The van der Waals surface area contributed by atoms with E-state index in [0.717, 1.165) is 28.8 Å². The molecule has 3 N–H and O–H groups in total. The third-order valence-corrected chi connectivity index (χ3v) is 6.79. The van der Waals surface area contributed by atoms with Crippen molar-refractivity contribution in [3.05, 3.63) is 70.7 Å². The summed E-state index contributed by atoms with van der Waals surface area (Å²) in [5, 5.41) is 9.96. The lowest BCUT2D eigenvalue weighted by molar-refractivity contribution is -0.129. The number of aromatic nitrogens is 4. The number of fused-ring (bicyclic) bond motifs is 3. The summed E-state index contributed by atoms with van der Waals surface area (Å²) in [5.74, 6) is 7.75. The van der Waals surface area contributed by atoms with Crippen LogP contribution < -0.4 is 10.6 Å². The van der Waals surface area contributed by atoms with Gasteiger partial charge in [0.1, 0.15) is 12.4 Å². The molecule has 0 spiro atoms. The zero-order valence-corrected chi connectivity index (χ0v) is 19.5.